The number of fused-ring (bicyclic) bond motifs is 3. The minimum Gasteiger partial charge on any atom is -0.306 e. The summed E-state index contributed by atoms with van der Waals surface area (Å²) in [4.78, 5) is 20.6. The summed E-state index contributed by atoms with van der Waals surface area (Å²) in [5.41, 5.74) is 6.61. The van der Waals surface area contributed by atoms with Crippen LogP contribution in [0.4, 0.5) is 0 Å². The van der Waals surface area contributed by atoms with E-state index in [1.165, 1.54) is 4.70 Å². The minimum absolute atomic E-state index is 0.0121. The van der Waals surface area contributed by atoms with Gasteiger partial charge in [0.25, 0.3) is 0 Å². The van der Waals surface area contributed by atoms with Crippen molar-refractivity contribution >= 4 is 38.6 Å². The first kappa shape index (κ1) is 19.0. The van der Waals surface area contributed by atoms with Gasteiger partial charge in [-0.25, -0.2) is 10.4 Å². The highest BCUT2D eigenvalue weighted by molar-refractivity contribution is 7.23. The SMILES string of the molecule is CN1CCCC(C(=O)N/N=C/c2c(-c3ccccc3)nc3sc4ccccc4n23)C1. The second kappa shape index (κ2) is 8.01. The maximum absolute atomic E-state index is 12.6. The molecule has 4 aromatic rings. The molecule has 1 saturated heterocycles. The molecule has 0 bridgehead atoms. The number of hydrogen-bond acceptors (Lipinski definition) is 5. The van der Waals surface area contributed by atoms with Gasteiger partial charge in [-0.3, -0.25) is 9.20 Å². The Morgan fingerprint density at radius 3 is 2.83 bits per heavy atom. The molecule has 2 aromatic carbocycles. The summed E-state index contributed by atoms with van der Waals surface area (Å²) in [6.07, 6.45) is 3.68. The number of hydrazone groups is 1. The van der Waals surface area contributed by atoms with E-state index in [1.807, 2.05) is 42.5 Å². The van der Waals surface area contributed by atoms with Crippen molar-refractivity contribution < 1.29 is 4.79 Å². The van der Waals surface area contributed by atoms with Gasteiger partial charge in [0.1, 0.15) is 0 Å². The largest absolute Gasteiger partial charge is 0.306 e. The Kier molecular flexibility index (Phi) is 5.06. The molecule has 0 aliphatic carbocycles. The fourth-order valence-electron chi connectivity index (χ4n) is 4.10. The van der Waals surface area contributed by atoms with Crippen molar-refractivity contribution in [1.29, 1.82) is 0 Å². The molecule has 1 atom stereocenters. The van der Waals surface area contributed by atoms with Crippen LogP contribution in [0.3, 0.4) is 0 Å². The summed E-state index contributed by atoms with van der Waals surface area (Å²) in [5.74, 6) is -0.0306. The van der Waals surface area contributed by atoms with Gasteiger partial charge < -0.3 is 4.90 Å². The predicted octanol–water partition coefficient (Wildman–Crippen LogP) is 4.01. The molecular formula is C23H23N5OS. The van der Waals surface area contributed by atoms with Crippen LogP contribution in [0.5, 0.6) is 0 Å². The van der Waals surface area contributed by atoms with E-state index in [4.69, 9.17) is 4.98 Å². The maximum Gasteiger partial charge on any atom is 0.244 e. The summed E-state index contributed by atoms with van der Waals surface area (Å²) < 4.78 is 3.29. The highest BCUT2D eigenvalue weighted by atomic mass is 32.1. The van der Waals surface area contributed by atoms with E-state index in [9.17, 15) is 4.79 Å². The van der Waals surface area contributed by atoms with E-state index in [0.29, 0.717) is 0 Å². The third-order valence-corrected chi connectivity index (χ3v) is 6.62. The fraction of sp³-hybridized carbons (Fsp3) is 0.261. The van der Waals surface area contributed by atoms with E-state index < -0.39 is 0 Å². The van der Waals surface area contributed by atoms with Gasteiger partial charge in [-0.2, -0.15) is 5.10 Å². The molecule has 5 rings (SSSR count). The number of likely N-dealkylation sites (tertiary alicyclic amines) is 1. The molecule has 1 N–H and O–H groups in total. The third kappa shape index (κ3) is 3.51. The zero-order chi connectivity index (χ0) is 20.5. The molecule has 0 radical (unpaired) electrons. The van der Waals surface area contributed by atoms with E-state index in [1.54, 1.807) is 17.6 Å². The quantitative estimate of drug-likeness (QED) is 0.403. The number of carbonyl (C=O) groups excluding carboxylic acids is 1. The number of nitrogens with zero attached hydrogens (tertiary/aromatic N) is 4. The predicted molar refractivity (Wildman–Crippen MR) is 122 cm³/mol. The van der Waals surface area contributed by atoms with E-state index in [0.717, 1.165) is 53.4 Å². The number of nitrogens with one attached hydrogen (secondary N) is 1. The number of hydrogen-bond donors (Lipinski definition) is 1. The van der Waals surface area contributed by atoms with Gasteiger partial charge in [0.15, 0.2) is 4.96 Å². The van der Waals surface area contributed by atoms with Crippen LogP contribution in [0.2, 0.25) is 0 Å². The van der Waals surface area contributed by atoms with Crippen LogP contribution in [0, 0.1) is 5.92 Å². The molecule has 1 amide bonds. The molecular weight excluding hydrogens is 394 g/mol. The molecule has 30 heavy (non-hydrogen) atoms. The Hall–Kier alpha value is -3.03. The average molecular weight is 418 g/mol. The van der Waals surface area contributed by atoms with Gasteiger partial charge in [-0.15, -0.1) is 0 Å². The highest BCUT2D eigenvalue weighted by Gasteiger charge is 2.23. The minimum atomic E-state index is -0.0185. The lowest BCUT2D eigenvalue weighted by molar-refractivity contribution is -0.126. The number of benzene rings is 2. The summed E-state index contributed by atoms with van der Waals surface area (Å²) >= 11 is 1.65. The monoisotopic (exact) mass is 417 g/mol. The molecule has 152 valence electrons. The maximum atomic E-state index is 12.6. The zero-order valence-electron chi connectivity index (χ0n) is 16.8. The lowest BCUT2D eigenvalue weighted by atomic mass is 9.98. The Bertz CT molecular complexity index is 1230. The Morgan fingerprint density at radius 2 is 2.00 bits per heavy atom. The fourth-order valence-corrected chi connectivity index (χ4v) is 5.13. The number of piperidine rings is 1. The number of aromatic nitrogens is 2. The van der Waals surface area contributed by atoms with Crippen LogP contribution in [0.1, 0.15) is 18.5 Å². The third-order valence-electron chi connectivity index (χ3n) is 5.59. The highest BCUT2D eigenvalue weighted by Crippen LogP contribution is 2.32. The molecule has 7 heteroatoms. The average Bonchev–Trinajstić information content (AvgIpc) is 3.31. The van der Waals surface area contributed by atoms with Gasteiger partial charge in [0.2, 0.25) is 5.91 Å². The number of rotatable bonds is 4. The number of imidazole rings is 1. The molecule has 1 aliphatic heterocycles. The van der Waals surface area contributed by atoms with Gasteiger partial charge in [-0.1, -0.05) is 53.8 Å². The van der Waals surface area contributed by atoms with E-state index >= 15 is 0 Å². The summed E-state index contributed by atoms with van der Waals surface area (Å²) in [6.45, 7) is 1.83. The second-order valence-corrected chi connectivity index (χ2v) is 8.74. The molecule has 3 heterocycles. The van der Waals surface area contributed by atoms with Crippen molar-refractivity contribution in [3.8, 4) is 11.3 Å². The van der Waals surface area contributed by atoms with Crippen molar-refractivity contribution in [2.24, 2.45) is 11.0 Å². The van der Waals surface area contributed by atoms with Crippen molar-refractivity contribution in [3.63, 3.8) is 0 Å². The number of carbonyl (C=O) groups is 1. The summed E-state index contributed by atoms with van der Waals surface area (Å²) in [6, 6.07) is 18.3. The van der Waals surface area contributed by atoms with Crippen molar-refractivity contribution in [2.45, 2.75) is 12.8 Å². The molecule has 1 aliphatic rings. The van der Waals surface area contributed by atoms with E-state index in [2.05, 4.69) is 39.0 Å². The Morgan fingerprint density at radius 1 is 1.20 bits per heavy atom. The van der Waals surface area contributed by atoms with Crippen LogP contribution in [-0.4, -0.2) is 46.5 Å². The van der Waals surface area contributed by atoms with Crippen molar-refractivity contribution in [1.82, 2.24) is 19.7 Å². The second-order valence-electron chi connectivity index (χ2n) is 7.74. The first-order valence-electron chi connectivity index (χ1n) is 10.2. The van der Waals surface area contributed by atoms with Gasteiger partial charge in [0.05, 0.1) is 33.7 Å². The number of amides is 1. The van der Waals surface area contributed by atoms with Crippen LogP contribution in [0.15, 0.2) is 59.7 Å². The molecule has 2 aromatic heterocycles. The molecule has 6 nitrogen and oxygen atoms in total. The summed E-state index contributed by atoms with van der Waals surface area (Å²) in [5, 5.41) is 4.34. The molecule has 0 saturated carbocycles. The van der Waals surface area contributed by atoms with Crippen molar-refractivity contribution in [2.75, 3.05) is 20.1 Å². The topological polar surface area (TPSA) is 62.0 Å². The first-order valence-corrected chi connectivity index (χ1v) is 11.0. The Balaban J connectivity index is 1.51. The molecule has 0 spiro atoms. The standard InChI is InChI=1S/C23H23N5OS/c1-27-13-7-10-17(15-27)22(29)26-24-14-19-21(16-8-3-2-4-9-16)25-23-28(19)18-11-5-6-12-20(18)30-23/h2-6,8-9,11-12,14,17H,7,10,13,15H2,1H3,(H,26,29)/b24-14+. The Labute approximate surface area is 178 Å². The smallest absolute Gasteiger partial charge is 0.244 e. The first-order chi connectivity index (χ1) is 14.7. The van der Waals surface area contributed by atoms with Gasteiger partial charge in [0, 0.05) is 12.1 Å². The lowest BCUT2D eigenvalue weighted by Gasteiger charge is -2.28. The van der Waals surface area contributed by atoms with Crippen LogP contribution in [-0.2, 0) is 4.79 Å². The van der Waals surface area contributed by atoms with Gasteiger partial charge >= 0.3 is 0 Å². The van der Waals surface area contributed by atoms with Crippen LogP contribution in [0.25, 0.3) is 26.4 Å². The van der Waals surface area contributed by atoms with Crippen molar-refractivity contribution in [3.05, 3.63) is 60.3 Å². The van der Waals surface area contributed by atoms with Crippen LogP contribution >= 0.6 is 11.3 Å². The van der Waals surface area contributed by atoms with Crippen LogP contribution < -0.4 is 5.43 Å². The molecule has 1 fully saturated rings. The normalized spacial score (nSPS) is 17.8. The lowest BCUT2D eigenvalue weighted by Crippen LogP contribution is -2.40. The number of para-hydroxylation sites is 1. The molecule has 1 unspecified atom stereocenters. The van der Waals surface area contributed by atoms with E-state index in [-0.39, 0.29) is 11.8 Å². The zero-order valence-corrected chi connectivity index (χ0v) is 17.6. The summed E-state index contributed by atoms with van der Waals surface area (Å²) in [7, 11) is 2.06. The van der Waals surface area contributed by atoms with Gasteiger partial charge in [-0.05, 0) is 38.6 Å². The number of thiazole rings is 1.